The third-order valence-electron chi connectivity index (χ3n) is 5.11. The number of hydrogen-bond donors (Lipinski definition) is 0. The molecule has 0 unspecified atom stereocenters. The van der Waals surface area contributed by atoms with Crippen molar-refractivity contribution in [2.75, 3.05) is 21.1 Å². The van der Waals surface area contributed by atoms with Crippen molar-refractivity contribution in [3.8, 4) is 0 Å². The van der Waals surface area contributed by atoms with Crippen LogP contribution in [0.5, 0.6) is 0 Å². The minimum Gasteiger partial charge on any atom is -0.312 e. The van der Waals surface area contributed by atoms with Crippen LogP contribution in [-0.4, -0.2) is 26.0 Å². The van der Waals surface area contributed by atoms with Gasteiger partial charge < -0.3 is 4.90 Å². The molecule has 152 valence electrons. The first-order valence-electron chi connectivity index (χ1n) is 10.4. The molecule has 0 heterocycles. The summed E-state index contributed by atoms with van der Waals surface area (Å²) in [4.78, 5) is 2.00. The highest BCUT2D eigenvalue weighted by molar-refractivity contribution is 5.52. The highest BCUT2D eigenvalue weighted by Gasteiger charge is 2.36. The molecular weight excluding hydrogens is 362 g/mol. The van der Waals surface area contributed by atoms with Crippen LogP contribution in [-0.2, 0) is 11.8 Å². The van der Waals surface area contributed by atoms with Crippen LogP contribution in [0, 0.1) is 0 Å². The van der Waals surface area contributed by atoms with Gasteiger partial charge in [-0.15, -0.1) is 0 Å². The van der Waals surface area contributed by atoms with Gasteiger partial charge in [0.1, 0.15) is 0 Å². The van der Waals surface area contributed by atoms with Crippen molar-refractivity contribution in [1.82, 2.24) is 4.90 Å². The first kappa shape index (κ1) is 21.5. The van der Waals surface area contributed by atoms with E-state index in [0.29, 0.717) is 0 Å². The van der Waals surface area contributed by atoms with Gasteiger partial charge >= 0.3 is 0 Å². The zero-order valence-corrected chi connectivity index (χ0v) is 18.2. The van der Waals surface area contributed by atoms with Crippen molar-refractivity contribution in [3.63, 3.8) is 0 Å². The minimum atomic E-state index is -0.217. The summed E-state index contributed by atoms with van der Waals surface area (Å²) in [7, 11) is 6.00. The van der Waals surface area contributed by atoms with Gasteiger partial charge in [-0.1, -0.05) is 121 Å². The van der Waals surface area contributed by atoms with E-state index < -0.39 is 0 Å². The molecule has 0 atom stereocenters. The SMILES string of the molecule is CN(C)C.c1ccc(CC(c2ccccc2)(c2ccccc2)c2ccccc2)cc1. The fourth-order valence-electron chi connectivity index (χ4n) is 3.88. The van der Waals surface area contributed by atoms with Gasteiger partial charge in [0.2, 0.25) is 0 Å². The van der Waals surface area contributed by atoms with E-state index in [2.05, 4.69) is 121 Å². The van der Waals surface area contributed by atoms with E-state index in [9.17, 15) is 0 Å². The lowest BCUT2D eigenvalue weighted by molar-refractivity contribution is 0.505. The van der Waals surface area contributed by atoms with Gasteiger partial charge in [-0.3, -0.25) is 0 Å². The highest BCUT2D eigenvalue weighted by Crippen LogP contribution is 2.41. The molecule has 4 rings (SSSR count). The van der Waals surface area contributed by atoms with E-state index in [0.717, 1.165) is 6.42 Å². The predicted molar refractivity (Wildman–Crippen MR) is 129 cm³/mol. The normalized spacial score (nSPS) is 10.9. The second kappa shape index (κ2) is 10.6. The Morgan fingerprint density at radius 1 is 0.467 bits per heavy atom. The summed E-state index contributed by atoms with van der Waals surface area (Å²) in [5.41, 5.74) is 5.08. The summed E-state index contributed by atoms with van der Waals surface area (Å²) in [6.07, 6.45) is 0.922. The maximum atomic E-state index is 2.25. The van der Waals surface area contributed by atoms with Crippen molar-refractivity contribution < 1.29 is 0 Å². The average Bonchev–Trinajstić information content (AvgIpc) is 2.80. The second-order valence-electron chi connectivity index (χ2n) is 8.01. The molecule has 0 bridgehead atoms. The zero-order valence-electron chi connectivity index (χ0n) is 18.2. The molecule has 1 nitrogen and oxygen atoms in total. The van der Waals surface area contributed by atoms with Crippen LogP contribution in [0.3, 0.4) is 0 Å². The Balaban J connectivity index is 0.000000589. The molecule has 0 radical (unpaired) electrons. The average molecular weight is 394 g/mol. The van der Waals surface area contributed by atoms with Crippen LogP contribution < -0.4 is 0 Å². The van der Waals surface area contributed by atoms with E-state index in [-0.39, 0.29) is 5.41 Å². The molecule has 0 aliphatic heterocycles. The molecule has 4 aromatic rings. The molecule has 0 aromatic heterocycles. The van der Waals surface area contributed by atoms with E-state index >= 15 is 0 Å². The third kappa shape index (κ3) is 5.25. The first-order chi connectivity index (χ1) is 14.6. The molecule has 0 saturated carbocycles. The Hall–Kier alpha value is -3.16. The summed E-state index contributed by atoms with van der Waals surface area (Å²) in [6, 6.07) is 43.4. The van der Waals surface area contributed by atoms with Crippen LogP contribution in [0.25, 0.3) is 0 Å². The van der Waals surface area contributed by atoms with Gasteiger partial charge in [0.25, 0.3) is 0 Å². The Morgan fingerprint density at radius 2 is 0.733 bits per heavy atom. The molecule has 4 aromatic carbocycles. The summed E-state index contributed by atoms with van der Waals surface area (Å²) in [6.45, 7) is 0. The zero-order chi connectivity index (χ0) is 21.2. The summed E-state index contributed by atoms with van der Waals surface area (Å²) in [5, 5.41) is 0. The Bertz CT molecular complexity index is 878. The van der Waals surface area contributed by atoms with Crippen LogP contribution in [0.2, 0.25) is 0 Å². The molecule has 0 spiro atoms. The Kier molecular flexibility index (Phi) is 7.59. The van der Waals surface area contributed by atoms with Gasteiger partial charge in [-0.25, -0.2) is 0 Å². The summed E-state index contributed by atoms with van der Waals surface area (Å²) < 4.78 is 0. The van der Waals surface area contributed by atoms with E-state index in [1.54, 1.807) is 0 Å². The maximum Gasteiger partial charge on any atom is 0.0491 e. The van der Waals surface area contributed by atoms with Crippen molar-refractivity contribution >= 4 is 0 Å². The molecule has 0 saturated heterocycles. The molecule has 0 amide bonds. The van der Waals surface area contributed by atoms with Gasteiger partial charge in [0.15, 0.2) is 0 Å². The van der Waals surface area contributed by atoms with Crippen molar-refractivity contribution in [2.24, 2.45) is 0 Å². The molecule has 0 fully saturated rings. The molecular formula is C29H31N. The van der Waals surface area contributed by atoms with Gasteiger partial charge in [0, 0.05) is 5.41 Å². The lowest BCUT2D eigenvalue weighted by atomic mass is 9.66. The summed E-state index contributed by atoms with van der Waals surface area (Å²) in [5.74, 6) is 0. The number of hydrogen-bond acceptors (Lipinski definition) is 1. The summed E-state index contributed by atoms with van der Waals surface area (Å²) >= 11 is 0. The van der Waals surface area contributed by atoms with Gasteiger partial charge in [-0.2, -0.15) is 0 Å². The molecule has 1 heteroatoms. The molecule has 30 heavy (non-hydrogen) atoms. The van der Waals surface area contributed by atoms with Crippen LogP contribution in [0.4, 0.5) is 0 Å². The van der Waals surface area contributed by atoms with Crippen molar-refractivity contribution in [1.29, 1.82) is 0 Å². The minimum absolute atomic E-state index is 0.217. The highest BCUT2D eigenvalue weighted by atomic mass is 15.0. The largest absolute Gasteiger partial charge is 0.312 e. The number of nitrogens with zero attached hydrogens (tertiary/aromatic N) is 1. The van der Waals surface area contributed by atoms with Crippen molar-refractivity contribution in [3.05, 3.63) is 144 Å². The Morgan fingerprint density at radius 3 is 1.03 bits per heavy atom. The van der Waals surface area contributed by atoms with Crippen LogP contribution in [0.15, 0.2) is 121 Å². The Labute approximate surface area is 181 Å². The lowest BCUT2D eigenvalue weighted by Gasteiger charge is -2.36. The van der Waals surface area contributed by atoms with Crippen LogP contribution in [0.1, 0.15) is 22.3 Å². The third-order valence-corrected chi connectivity index (χ3v) is 5.11. The maximum absolute atomic E-state index is 2.25. The second-order valence-corrected chi connectivity index (χ2v) is 8.01. The molecule has 0 aliphatic carbocycles. The number of rotatable bonds is 5. The lowest BCUT2D eigenvalue weighted by Crippen LogP contribution is -2.32. The smallest absolute Gasteiger partial charge is 0.0491 e. The van der Waals surface area contributed by atoms with Crippen LogP contribution >= 0.6 is 0 Å². The topological polar surface area (TPSA) is 3.24 Å². The molecule has 0 aliphatic rings. The van der Waals surface area contributed by atoms with Crippen molar-refractivity contribution in [2.45, 2.75) is 11.8 Å². The van der Waals surface area contributed by atoms with E-state index in [4.69, 9.17) is 0 Å². The predicted octanol–water partition coefficient (Wildman–Crippen LogP) is 6.44. The fourth-order valence-corrected chi connectivity index (χ4v) is 3.88. The fraction of sp³-hybridized carbons (Fsp3) is 0.172. The van der Waals surface area contributed by atoms with E-state index in [1.165, 1.54) is 22.3 Å². The van der Waals surface area contributed by atoms with Gasteiger partial charge in [-0.05, 0) is 49.8 Å². The molecule has 0 N–H and O–H groups in total. The first-order valence-corrected chi connectivity index (χ1v) is 10.4. The van der Waals surface area contributed by atoms with Gasteiger partial charge in [0.05, 0.1) is 0 Å². The quantitative estimate of drug-likeness (QED) is 0.353. The monoisotopic (exact) mass is 393 g/mol. The standard InChI is InChI=1S/C26H22.C3H9N/c1-5-13-22(14-6-1)21-26(23-15-7-2-8-16-23,24-17-9-3-10-18-24)25-19-11-4-12-20-25;1-4(2)3/h1-20H,21H2;1-3H3. The number of benzene rings is 4. The van der Waals surface area contributed by atoms with E-state index in [1.807, 2.05) is 26.0 Å².